The Hall–Kier alpha value is -0.710. The monoisotopic (exact) mass is 759 g/mol. The van der Waals surface area contributed by atoms with Gasteiger partial charge in [-0.1, -0.05) is 0 Å². The topological polar surface area (TPSA) is 119 Å². The highest BCUT2D eigenvalue weighted by atomic mass is 127. The first-order chi connectivity index (χ1) is 17.0. The minimum Gasteiger partial charge on any atom is -0.506 e. The number of nitrogens with zero attached hydrogens (tertiary/aromatic N) is 1. The number of carbonyl (C=O) groups excluding carboxylic acids is 2. The highest BCUT2D eigenvalue weighted by Crippen LogP contribution is 2.59. The second kappa shape index (κ2) is 9.16. The molecule has 12 heteroatoms. The van der Waals surface area contributed by atoms with Gasteiger partial charge in [-0.3, -0.25) is 13.9 Å². The maximum Gasteiger partial charge on any atom is 0.342 e. The van der Waals surface area contributed by atoms with Gasteiger partial charge in [-0.15, -0.1) is 0 Å². The molecule has 2 saturated heterocycles. The van der Waals surface area contributed by atoms with Gasteiger partial charge in [-0.2, -0.15) is 8.42 Å². The number of fused-ring (bicyclic) bond motifs is 1. The van der Waals surface area contributed by atoms with Gasteiger partial charge in [-0.05, 0) is 98.5 Å². The third kappa shape index (κ3) is 4.59. The molecule has 0 amide bonds. The number of aromatic hydroxyl groups is 1. The molecule has 1 aromatic rings. The van der Waals surface area contributed by atoms with Crippen molar-refractivity contribution in [3.8, 4) is 5.75 Å². The molecule has 6 atom stereocenters. The quantitative estimate of drug-likeness (QED) is 0.279. The van der Waals surface area contributed by atoms with Crippen LogP contribution in [0.4, 0.5) is 0 Å². The summed E-state index contributed by atoms with van der Waals surface area (Å²) < 4.78 is 44.4. The number of phenolic OH excluding ortho intramolecular Hbond substituents is 1. The minimum absolute atomic E-state index is 0.00797. The van der Waals surface area contributed by atoms with E-state index in [0.717, 1.165) is 3.57 Å². The molecular weight excluding hydrogens is 728 g/mol. The summed E-state index contributed by atoms with van der Waals surface area (Å²) in [6, 6.07) is 3.23. The van der Waals surface area contributed by atoms with Crippen molar-refractivity contribution in [1.82, 2.24) is 4.90 Å². The van der Waals surface area contributed by atoms with E-state index in [1.165, 1.54) is 6.07 Å². The van der Waals surface area contributed by atoms with Gasteiger partial charge in [-0.25, -0.2) is 4.79 Å². The van der Waals surface area contributed by atoms with Crippen molar-refractivity contribution in [2.75, 3.05) is 7.05 Å². The fraction of sp³-hybridized carbons (Fsp3) is 0.680. The van der Waals surface area contributed by atoms with Crippen LogP contribution in [0.2, 0.25) is 0 Å². The number of rotatable bonds is 4. The number of piperidine rings is 1. The molecule has 4 aliphatic rings. The van der Waals surface area contributed by atoms with Crippen molar-refractivity contribution in [1.29, 1.82) is 0 Å². The zero-order valence-electron chi connectivity index (χ0n) is 21.2. The summed E-state index contributed by atoms with van der Waals surface area (Å²) in [7, 11) is -1.97. The largest absolute Gasteiger partial charge is 0.506 e. The van der Waals surface area contributed by atoms with E-state index in [-0.39, 0.29) is 28.5 Å². The Bertz CT molecular complexity index is 1250. The van der Waals surface area contributed by atoms with Gasteiger partial charge in [0, 0.05) is 39.3 Å². The number of phenols is 1. The lowest BCUT2D eigenvalue weighted by Gasteiger charge is -2.53. The van der Waals surface area contributed by atoms with Crippen LogP contribution in [0.5, 0.6) is 5.75 Å². The molecular formula is C25H31I2NO8S. The van der Waals surface area contributed by atoms with Crippen LogP contribution in [0.25, 0.3) is 0 Å². The molecule has 2 aliphatic carbocycles. The lowest BCUT2D eigenvalue weighted by Crippen LogP contribution is -2.60. The molecule has 1 N–H and O–H groups in total. The summed E-state index contributed by atoms with van der Waals surface area (Å²) in [5, 5.41) is 9.43. The van der Waals surface area contributed by atoms with Gasteiger partial charge >= 0.3 is 11.9 Å². The predicted molar refractivity (Wildman–Crippen MR) is 150 cm³/mol. The van der Waals surface area contributed by atoms with Crippen molar-refractivity contribution < 1.29 is 36.8 Å². The number of ether oxygens (including phenoxy) is 2. The average molecular weight is 759 g/mol. The first kappa shape index (κ1) is 27.8. The molecule has 4 fully saturated rings. The summed E-state index contributed by atoms with van der Waals surface area (Å²) in [5.74, 6) is -3.50. The van der Waals surface area contributed by atoms with Gasteiger partial charge in [0.05, 0.1) is 9.49 Å². The highest BCUT2D eigenvalue weighted by molar-refractivity contribution is 14.1. The van der Waals surface area contributed by atoms with Crippen LogP contribution in [0, 0.1) is 24.9 Å². The number of hydrogen-bond donors (Lipinski definition) is 1. The molecule has 2 saturated carbocycles. The molecule has 1 aromatic carbocycles. The van der Waals surface area contributed by atoms with E-state index in [1.807, 2.05) is 45.2 Å². The number of esters is 2. The molecule has 5 rings (SSSR count). The van der Waals surface area contributed by atoms with Crippen LogP contribution in [-0.4, -0.2) is 72.1 Å². The van der Waals surface area contributed by atoms with Gasteiger partial charge in [0.1, 0.15) is 34.9 Å². The summed E-state index contributed by atoms with van der Waals surface area (Å²) >= 11 is 3.97. The summed E-state index contributed by atoms with van der Waals surface area (Å²) in [6.07, 6.45) is -0.480. The van der Waals surface area contributed by atoms with Crippen molar-refractivity contribution in [2.45, 2.75) is 81.6 Å². The Balaban J connectivity index is 1.39. The Labute approximate surface area is 244 Å². The zero-order chi connectivity index (χ0) is 27.2. The third-order valence-electron chi connectivity index (χ3n) is 8.84. The smallest absolute Gasteiger partial charge is 0.342 e. The van der Waals surface area contributed by atoms with E-state index in [2.05, 4.69) is 39.6 Å². The second-order valence-corrected chi connectivity index (χ2v) is 16.0. The van der Waals surface area contributed by atoms with E-state index in [1.54, 1.807) is 6.07 Å². The SMILES string of the molecule is CN1C(C)(C)CC(OC(=O)C2C3CC4C(OS(=O)(=O)C42)C3OC(=O)c2cc(I)cc(I)c2O)CC1(C)C. The molecule has 2 heterocycles. The van der Waals surface area contributed by atoms with Crippen LogP contribution in [-0.2, 0) is 28.6 Å². The molecule has 0 radical (unpaired) electrons. The minimum atomic E-state index is -4.03. The number of likely N-dealkylation sites (tertiary alicyclic amines) is 1. The predicted octanol–water partition coefficient (Wildman–Crippen LogP) is 3.68. The number of hydrogen-bond acceptors (Lipinski definition) is 9. The summed E-state index contributed by atoms with van der Waals surface area (Å²) in [5.41, 5.74) is -0.425. The van der Waals surface area contributed by atoms with Gasteiger partial charge in [0.25, 0.3) is 10.1 Å². The third-order valence-corrected chi connectivity index (χ3v) is 12.1. The normalized spacial score (nSPS) is 35.4. The van der Waals surface area contributed by atoms with E-state index in [0.29, 0.717) is 22.8 Å². The average Bonchev–Trinajstić information content (AvgIpc) is 3.36. The fourth-order valence-corrected chi connectivity index (χ4v) is 10.9. The fourth-order valence-electron chi connectivity index (χ4n) is 6.97. The van der Waals surface area contributed by atoms with Gasteiger partial charge < -0.3 is 14.6 Å². The van der Waals surface area contributed by atoms with E-state index >= 15 is 0 Å². The zero-order valence-corrected chi connectivity index (χ0v) is 26.4. The van der Waals surface area contributed by atoms with Crippen LogP contribution in [0.3, 0.4) is 0 Å². The number of benzene rings is 1. The maximum atomic E-state index is 13.6. The van der Waals surface area contributed by atoms with E-state index < -0.39 is 57.3 Å². The van der Waals surface area contributed by atoms with E-state index in [4.69, 9.17) is 13.7 Å². The number of halogens is 2. The molecule has 2 bridgehead atoms. The molecule has 37 heavy (non-hydrogen) atoms. The van der Waals surface area contributed by atoms with Crippen molar-refractivity contribution >= 4 is 67.2 Å². The Kier molecular flexibility index (Phi) is 6.90. The molecule has 204 valence electrons. The molecule has 6 unspecified atom stereocenters. The molecule has 0 spiro atoms. The molecule has 9 nitrogen and oxygen atoms in total. The van der Waals surface area contributed by atoms with Crippen LogP contribution < -0.4 is 0 Å². The van der Waals surface area contributed by atoms with Crippen LogP contribution >= 0.6 is 45.2 Å². The van der Waals surface area contributed by atoms with Gasteiger partial charge in [0.2, 0.25) is 0 Å². The maximum absolute atomic E-state index is 13.6. The lowest BCUT2D eigenvalue weighted by atomic mass is 9.78. The van der Waals surface area contributed by atoms with Crippen molar-refractivity contribution in [2.24, 2.45) is 17.8 Å². The van der Waals surface area contributed by atoms with Crippen LogP contribution in [0.1, 0.15) is 57.3 Å². The second-order valence-electron chi connectivity index (χ2n) is 11.9. The summed E-state index contributed by atoms with van der Waals surface area (Å²) in [4.78, 5) is 29.0. The Morgan fingerprint density at radius 1 is 1.08 bits per heavy atom. The first-order valence-corrected chi connectivity index (χ1v) is 15.9. The van der Waals surface area contributed by atoms with E-state index in [9.17, 15) is 23.1 Å². The van der Waals surface area contributed by atoms with Crippen LogP contribution in [0.15, 0.2) is 12.1 Å². The van der Waals surface area contributed by atoms with Gasteiger partial charge in [0.15, 0.2) is 0 Å². The highest BCUT2D eigenvalue weighted by Gasteiger charge is 2.72. The Morgan fingerprint density at radius 2 is 1.70 bits per heavy atom. The molecule has 0 aromatic heterocycles. The Morgan fingerprint density at radius 3 is 2.32 bits per heavy atom. The van der Waals surface area contributed by atoms with Crippen molar-refractivity contribution in [3.63, 3.8) is 0 Å². The lowest BCUT2D eigenvalue weighted by molar-refractivity contribution is -0.167. The standard InChI is InChI=1S/C25H31I2NO8S/c1-24(2)9-12(10-25(3,4)28(24)5)34-23(31)17-13-8-15-20(36-37(32,33)21(15)17)19(13)35-22(30)14-6-11(26)7-16(27)18(14)29/h6-7,12-13,15,17,19-21,29H,8-10H2,1-5H3. The summed E-state index contributed by atoms with van der Waals surface area (Å²) in [6.45, 7) is 8.40. The molecule has 2 aliphatic heterocycles. The number of carbonyl (C=O) groups is 2. The first-order valence-electron chi connectivity index (χ1n) is 12.3. The van der Waals surface area contributed by atoms with Crippen molar-refractivity contribution in [3.05, 3.63) is 24.8 Å².